The number of hydrogen-bond acceptors (Lipinski definition) is 3. The van der Waals surface area contributed by atoms with E-state index in [0.717, 1.165) is 41.7 Å². The molecule has 0 aliphatic heterocycles. The highest BCUT2D eigenvalue weighted by Crippen LogP contribution is 2.32. The maximum atomic E-state index is 13.1. The smallest absolute Gasteiger partial charge is 0.261 e. The van der Waals surface area contributed by atoms with Gasteiger partial charge in [0.1, 0.15) is 5.82 Å². The molecule has 1 aliphatic rings. The summed E-state index contributed by atoms with van der Waals surface area (Å²) in [6, 6.07) is 8.79. The van der Waals surface area contributed by atoms with E-state index in [1.807, 2.05) is 13.0 Å². The molecular formula is C18H21FN2OS. The SMILES string of the molecule is Cc1cc(C(=O)NC2CCC(N)CC2)sc1-c1ccc(F)cc1. The van der Waals surface area contributed by atoms with Crippen molar-refractivity contribution in [1.82, 2.24) is 5.32 Å². The van der Waals surface area contributed by atoms with Gasteiger partial charge in [-0.15, -0.1) is 11.3 Å². The second-order valence-electron chi connectivity index (χ2n) is 6.21. The van der Waals surface area contributed by atoms with Crippen LogP contribution in [-0.4, -0.2) is 18.0 Å². The highest BCUT2D eigenvalue weighted by molar-refractivity contribution is 7.17. The van der Waals surface area contributed by atoms with E-state index in [4.69, 9.17) is 5.73 Å². The van der Waals surface area contributed by atoms with Crippen LogP contribution in [0.1, 0.15) is 40.9 Å². The van der Waals surface area contributed by atoms with Gasteiger partial charge in [0.05, 0.1) is 4.88 Å². The van der Waals surface area contributed by atoms with E-state index >= 15 is 0 Å². The first-order valence-electron chi connectivity index (χ1n) is 7.96. The number of benzene rings is 1. The number of halogens is 1. The second-order valence-corrected chi connectivity index (χ2v) is 7.27. The third kappa shape index (κ3) is 3.79. The van der Waals surface area contributed by atoms with Crippen molar-refractivity contribution in [1.29, 1.82) is 0 Å². The quantitative estimate of drug-likeness (QED) is 0.896. The van der Waals surface area contributed by atoms with E-state index in [9.17, 15) is 9.18 Å². The molecule has 3 N–H and O–H groups in total. The molecule has 1 aromatic carbocycles. The van der Waals surface area contributed by atoms with Crippen LogP contribution in [0.15, 0.2) is 30.3 Å². The van der Waals surface area contributed by atoms with Crippen molar-refractivity contribution in [2.45, 2.75) is 44.7 Å². The van der Waals surface area contributed by atoms with Crippen LogP contribution in [0.5, 0.6) is 0 Å². The fourth-order valence-electron chi connectivity index (χ4n) is 3.00. The van der Waals surface area contributed by atoms with Crippen LogP contribution in [-0.2, 0) is 0 Å². The van der Waals surface area contributed by atoms with Gasteiger partial charge in [-0.3, -0.25) is 4.79 Å². The van der Waals surface area contributed by atoms with Gasteiger partial charge in [0.15, 0.2) is 0 Å². The maximum absolute atomic E-state index is 13.1. The highest BCUT2D eigenvalue weighted by atomic mass is 32.1. The van der Waals surface area contributed by atoms with E-state index in [1.54, 1.807) is 12.1 Å². The van der Waals surface area contributed by atoms with Crippen LogP contribution in [0.3, 0.4) is 0 Å². The van der Waals surface area contributed by atoms with Crippen LogP contribution in [0.25, 0.3) is 10.4 Å². The first-order valence-corrected chi connectivity index (χ1v) is 8.77. The van der Waals surface area contributed by atoms with Gasteiger partial charge >= 0.3 is 0 Å². The first kappa shape index (κ1) is 16.1. The van der Waals surface area contributed by atoms with Crippen LogP contribution >= 0.6 is 11.3 Å². The molecule has 23 heavy (non-hydrogen) atoms. The van der Waals surface area contributed by atoms with E-state index in [2.05, 4.69) is 5.32 Å². The summed E-state index contributed by atoms with van der Waals surface area (Å²) in [5.74, 6) is -0.275. The van der Waals surface area contributed by atoms with Crippen molar-refractivity contribution >= 4 is 17.2 Å². The summed E-state index contributed by atoms with van der Waals surface area (Å²) in [6.07, 6.45) is 3.83. The molecule has 5 heteroatoms. The lowest BCUT2D eigenvalue weighted by Gasteiger charge is -2.26. The van der Waals surface area contributed by atoms with Crippen molar-refractivity contribution in [3.8, 4) is 10.4 Å². The second kappa shape index (κ2) is 6.81. The van der Waals surface area contributed by atoms with Crippen LogP contribution in [0, 0.1) is 12.7 Å². The Balaban J connectivity index is 1.72. The Labute approximate surface area is 139 Å². The summed E-state index contributed by atoms with van der Waals surface area (Å²) < 4.78 is 13.1. The third-order valence-electron chi connectivity index (χ3n) is 4.36. The monoisotopic (exact) mass is 332 g/mol. The fourth-order valence-corrected chi connectivity index (χ4v) is 4.08. The molecule has 0 spiro atoms. The predicted molar refractivity (Wildman–Crippen MR) is 92.1 cm³/mol. The molecule has 0 unspecified atom stereocenters. The zero-order valence-corrected chi connectivity index (χ0v) is 14.0. The van der Waals surface area contributed by atoms with Crippen LogP contribution in [0.2, 0.25) is 0 Å². The van der Waals surface area contributed by atoms with Crippen LogP contribution < -0.4 is 11.1 Å². The first-order chi connectivity index (χ1) is 11.0. The van der Waals surface area contributed by atoms with Gasteiger partial charge in [-0.2, -0.15) is 0 Å². The number of carbonyl (C=O) groups excluding carboxylic acids is 1. The molecule has 1 aromatic heterocycles. The molecule has 2 aromatic rings. The van der Waals surface area contributed by atoms with Crippen molar-refractivity contribution in [2.75, 3.05) is 0 Å². The minimum absolute atomic E-state index is 0.0214. The molecule has 1 heterocycles. The zero-order valence-electron chi connectivity index (χ0n) is 13.1. The minimum Gasteiger partial charge on any atom is -0.349 e. The van der Waals surface area contributed by atoms with Crippen molar-refractivity contribution in [3.63, 3.8) is 0 Å². The number of nitrogens with one attached hydrogen (secondary N) is 1. The van der Waals surface area contributed by atoms with E-state index in [1.165, 1.54) is 23.5 Å². The van der Waals surface area contributed by atoms with Gasteiger partial charge in [-0.25, -0.2) is 4.39 Å². The molecule has 0 saturated heterocycles. The van der Waals surface area contributed by atoms with Gasteiger partial charge in [0.25, 0.3) is 5.91 Å². The Bertz CT molecular complexity index is 688. The molecule has 0 bridgehead atoms. The lowest BCUT2D eigenvalue weighted by atomic mass is 9.92. The molecule has 3 rings (SSSR count). The maximum Gasteiger partial charge on any atom is 0.261 e. The normalized spacial score (nSPS) is 21.2. The number of amides is 1. The largest absolute Gasteiger partial charge is 0.349 e. The summed E-state index contributed by atoms with van der Waals surface area (Å²) in [4.78, 5) is 14.2. The molecular weight excluding hydrogens is 311 g/mol. The average molecular weight is 332 g/mol. The zero-order chi connectivity index (χ0) is 16.4. The summed E-state index contributed by atoms with van der Waals surface area (Å²) in [5.41, 5.74) is 7.88. The lowest BCUT2D eigenvalue weighted by Crippen LogP contribution is -2.40. The van der Waals surface area contributed by atoms with Gasteiger partial charge < -0.3 is 11.1 Å². The Hall–Kier alpha value is -1.72. The number of rotatable bonds is 3. The molecule has 0 atom stereocenters. The van der Waals surface area contributed by atoms with Gasteiger partial charge in [-0.1, -0.05) is 12.1 Å². The van der Waals surface area contributed by atoms with E-state index in [-0.39, 0.29) is 23.8 Å². The Kier molecular flexibility index (Phi) is 4.78. The average Bonchev–Trinajstić information content (AvgIpc) is 2.92. The van der Waals surface area contributed by atoms with Crippen LogP contribution in [0.4, 0.5) is 4.39 Å². The minimum atomic E-state index is -0.253. The fraction of sp³-hybridized carbons (Fsp3) is 0.389. The number of nitrogens with two attached hydrogens (primary N) is 1. The number of aryl methyl sites for hydroxylation is 1. The topological polar surface area (TPSA) is 55.1 Å². The summed E-state index contributed by atoms with van der Waals surface area (Å²) >= 11 is 1.46. The third-order valence-corrected chi connectivity index (χ3v) is 5.64. The molecule has 1 fully saturated rings. The summed E-state index contributed by atoms with van der Waals surface area (Å²) in [6.45, 7) is 1.98. The van der Waals surface area contributed by atoms with Gasteiger partial charge in [0, 0.05) is 17.0 Å². The van der Waals surface area contributed by atoms with Crippen molar-refractivity contribution in [3.05, 3.63) is 46.6 Å². The summed E-state index contributed by atoms with van der Waals surface area (Å²) in [7, 11) is 0. The van der Waals surface area contributed by atoms with Gasteiger partial charge in [-0.05, 0) is 61.9 Å². The Morgan fingerprint density at radius 3 is 2.52 bits per heavy atom. The van der Waals surface area contributed by atoms with E-state index in [0.29, 0.717) is 4.88 Å². The molecule has 1 saturated carbocycles. The standard InChI is InChI=1S/C18H21FN2OS/c1-11-10-16(18(22)21-15-8-6-14(20)7-9-15)23-17(11)12-2-4-13(19)5-3-12/h2-5,10,14-15H,6-9,20H2,1H3,(H,21,22). The summed E-state index contributed by atoms with van der Waals surface area (Å²) in [5, 5.41) is 3.11. The number of thiophene rings is 1. The number of carbonyl (C=O) groups is 1. The Morgan fingerprint density at radius 1 is 1.22 bits per heavy atom. The van der Waals surface area contributed by atoms with Gasteiger partial charge in [0.2, 0.25) is 0 Å². The molecule has 0 radical (unpaired) electrons. The molecule has 1 amide bonds. The molecule has 3 nitrogen and oxygen atoms in total. The molecule has 1 aliphatic carbocycles. The molecule has 122 valence electrons. The van der Waals surface area contributed by atoms with Crippen molar-refractivity contribution in [2.24, 2.45) is 5.73 Å². The van der Waals surface area contributed by atoms with E-state index < -0.39 is 0 Å². The predicted octanol–water partition coefficient (Wildman–Crippen LogP) is 3.86. The highest BCUT2D eigenvalue weighted by Gasteiger charge is 2.22. The van der Waals surface area contributed by atoms with Crippen molar-refractivity contribution < 1.29 is 9.18 Å². The number of hydrogen-bond donors (Lipinski definition) is 2. The lowest BCUT2D eigenvalue weighted by molar-refractivity contribution is 0.0930. The Morgan fingerprint density at radius 2 is 1.87 bits per heavy atom.